The SMILES string of the molecule is Cc1cc(C)c2c(CC(=O)Nc3ccc(CN4CCCCC4)cc3)noc2c1. The number of carbonyl (C=O) groups is 1. The average Bonchev–Trinajstić information content (AvgIpc) is 3.07. The van der Waals surface area contributed by atoms with Crippen LogP contribution >= 0.6 is 0 Å². The molecule has 1 aliphatic heterocycles. The average molecular weight is 377 g/mol. The van der Waals surface area contributed by atoms with E-state index in [1.165, 1.54) is 37.9 Å². The number of fused-ring (bicyclic) bond motifs is 1. The molecule has 4 rings (SSSR count). The Morgan fingerprint density at radius 3 is 2.61 bits per heavy atom. The minimum atomic E-state index is -0.0843. The van der Waals surface area contributed by atoms with Gasteiger partial charge in [0.2, 0.25) is 5.91 Å². The lowest BCUT2D eigenvalue weighted by atomic mass is 10.0. The van der Waals surface area contributed by atoms with E-state index in [1.54, 1.807) is 0 Å². The molecule has 1 fully saturated rings. The summed E-state index contributed by atoms with van der Waals surface area (Å²) >= 11 is 0. The highest BCUT2D eigenvalue weighted by Crippen LogP contribution is 2.25. The van der Waals surface area contributed by atoms with Crippen LogP contribution in [0.15, 0.2) is 40.9 Å². The van der Waals surface area contributed by atoms with E-state index >= 15 is 0 Å². The summed E-state index contributed by atoms with van der Waals surface area (Å²) in [4.78, 5) is 15.0. The van der Waals surface area contributed by atoms with Gasteiger partial charge in [-0.15, -0.1) is 0 Å². The molecule has 5 nitrogen and oxygen atoms in total. The molecule has 0 spiro atoms. The lowest BCUT2D eigenvalue weighted by molar-refractivity contribution is -0.115. The van der Waals surface area contributed by atoms with Crippen LogP contribution in [-0.2, 0) is 17.8 Å². The number of carbonyl (C=O) groups excluding carboxylic acids is 1. The Kier molecular flexibility index (Phi) is 5.44. The summed E-state index contributed by atoms with van der Waals surface area (Å²) in [6.07, 6.45) is 4.14. The molecule has 5 heteroatoms. The van der Waals surface area contributed by atoms with Gasteiger partial charge in [-0.25, -0.2) is 0 Å². The molecule has 0 saturated carbocycles. The number of likely N-dealkylation sites (tertiary alicyclic amines) is 1. The van der Waals surface area contributed by atoms with E-state index in [0.29, 0.717) is 5.69 Å². The smallest absolute Gasteiger partial charge is 0.230 e. The van der Waals surface area contributed by atoms with E-state index in [9.17, 15) is 4.79 Å². The lowest BCUT2D eigenvalue weighted by Gasteiger charge is -2.26. The molecular formula is C23H27N3O2. The van der Waals surface area contributed by atoms with Crippen molar-refractivity contribution in [3.8, 4) is 0 Å². The Morgan fingerprint density at radius 1 is 1.11 bits per heavy atom. The van der Waals surface area contributed by atoms with Crippen LogP contribution in [0.5, 0.6) is 0 Å². The van der Waals surface area contributed by atoms with Gasteiger partial charge >= 0.3 is 0 Å². The first-order valence-electron chi connectivity index (χ1n) is 10.0. The van der Waals surface area contributed by atoms with E-state index in [-0.39, 0.29) is 12.3 Å². The molecule has 1 aliphatic rings. The van der Waals surface area contributed by atoms with Crippen LogP contribution in [0.4, 0.5) is 5.69 Å². The maximum absolute atomic E-state index is 12.5. The molecule has 0 unspecified atom stereocenters. The van der Waals surface area contributed by atoms with Crippen LogP contribution in [-0.4, -0.2) is 29.1 Å². The summed E-state index contributed by atoms with van der Waals surface area (Å²) in [5.74, 6) is -0.0843. The minimum absolute atomic E-state index is 0.0843. The third-order valence-electron chi connectivity index (χ3n) is 5.41. The summed E-state index contributed by atoms with van der Waals surface area (Å²) in [5, 5.41) is 8.03. The van der Waals surface area contributed by atoms with Crippen LogP contribution in [0, 0.1) is 13.8 Å². The van der Waals surface area contributed by atoms with E-state index in [1.807, 2.05) is 32.0 Å². The maximum atomic E-state index is 12.5. The van der Waals surface area contributed by atoms with Crippen LogP contribution in [0.2, 0.25) is 0 Å². The van der Waals surface area contributed by atoms with Gasteiger partial charge in [-0.05, 0) is 74.7 Å². The lowest BCUT2D eigenvalue weighted by Crippen LogP contribution is -2.29. The number of aromatic nitrogens is 1. The maximum Gasteiger partial charge on any atom is 0.230 e. The van der Waals surface area contributed by atoms with Crippen molar-refractivity contribution in [2.45, 2.75) is 46.1 Å². The molecule has 0 aliphatic carbocycles. The number of hydrogen-bond donors (Lipinski definition) is 1. The van der Waals surface area contributed by atoms with Crippen molar-refractivity contribution in [3.63, 3.8) is 0 Å². The number of piperidine rings is 1. The topological polar surface area (TPSA) is 58.4 Å². The quantitative estimate of drug-likeness (QED) is 0.705. The van der Waals surface area contributed by atoms with Crippen LogP contribution in [0.1, 0.15) is 41.6 Å². The predicted molar refractivity (Wildman–Crippen MR) is 111 cm³/mol. The molecule has 1 aromatic heterocycles. The molecule has 2 aromatic carbocycles. The monoisotopic (exact) mass is 377 g/mol. The molecule has 146 valence electrons. The van der Waals surface area contributed by atoms with Crippen molar-refractivity contribution >= 4 is 22.6 Å². The molecule has 2 heterocycles. The number of aryl methyl sites for hydroxylation is 2. The van der Waals surface area contributed by atoms with Gasteiger partial charge in [0, 0.05) is 17.6 Å². The van der Waals surface area contributed by atoms with Crippen LogP contribution < -0.4 is 5.32 Å². The van der Waals surface area contributed by atoms with Gasteiger partial charge < -0.3 is 9.84 Å². The normalized spacial score (nSPS) is 15.1. The van der Waals surface area contributed by atoms with Crippen molar-refractivity contribution in [2.24, 2.45) is 0 Å². The zero-order valence-electron chi connectivity index (χ0n) is 16.6. The molecule has 0 atom stereocenters. The number of nitrogens with one attached hydrogen (secondary N) is 1. The van der Waals surface area contributed by atoms with E-state index in [2.05, 4.69) is 33.6 Å². The van der Waals surface area contributed by atoms with Gasteiger partial charge in [0.25, 0.3) is 0 Å². The fourth-order valence-corrected chi connectivity index (χ4v) is 4.07. The van der Waals surface area contributed by atoms with E-state index in [4.69, 9.17) is 4.52 Å². The van der Waals surface area contributed by atoms with Gasteiger partial charge in [0.15, 0.2) is 5.58 Å². The van der Waals surface area contributed by atoms with Gasteiger partial charge in [0.05, 0.1) is 6.42 Å². The molecule has 1 amide bonds. The Labute approximate surface area is 165 Å². The van der Waals surface area contributed by atoms with E-state index < -0.39 is 0 Å². The number of anilines is 1. The Balaban J connectivity index is 1.38. The number of nitrogens with zero attached hydrogens (tertiary/aromatic N) is 2. The summed E-state index contributed by atoms with van der Waals surface area (Å²) < 4.78 is 5.42. The van der Waals surface area contributed by atoms with Crippen LogP contribution in [0.3, 0.4) is 0 Å². The second-order valence-electron chi connectivity index (χ2n) is 7.84. The highest BCUT2D eigenvalue weighted by molar-refractivity contribution is 5.95. The van der Waals surface area contributed by atoms with Gasteiger partial charge in [-0.3, -0.25) is 9.69 Å². The molecule has 3 aromatic rings. The molecule has 0 bridgehead atoms. The molecule has 1 N–H and O–H groups in total. The first-order valence-corrected chi connectivity index (χ1v) is 10.0. The minimum Gasteiger partial charge on any atom is -0.356 e. The number of amides is 1. The number of benzene rings is 2. The summed E-state index contributed by atoms with van der Waals surface area (Å²) in [7, 11) is 0. The molecule has 28 heavy (non-hydrogen) atoms. The Hall–Kier alpha value is -2.66. The van der Waals surface area contributed by atoms with Crippen molar-refractivity contribution in [3.05, 3.63) is 58.8 Å². The van der Waals surface area contributed by atoms with Crippen molar-refractivity contribution in [2.75, 3.05) is 18.4 Å². The van der Waals surface area contributed by atoms with Crippen molar-refractivity contribution in [1.29, 1.82) is 0 Å². The third kappa shape index (κ3) is 4.25. The zero-order valence-corrected chi connectivity index (χ0v) is 16.6. The fourth-order valence-electron chi connectivity index (χ4n) is 4.07. The second kappa shape index (κ2) is 8.15. The van der Waals surface area contributed by atoms with Crippen molar-refractivity contribution < 1.29 is 9.32 Å². The summed E-state index contributed by atoms with van der Waals surface area (Å²) in [6.45, 7) is 7.40. The largest absolute Gasteiger partial charge is 0.356 e. The first kappa shape index (κ1) is 18.7. The van der Waals surface area contributed by atoms with Crippen LogP contribution in [0.25, 0.3) is 11.0 Å². The summed E-state index contributed by atoms with van der Waals surface area (Å²) in [5.41, 5.74) is 5.73. The molecule has 1 saturated heterocycles. The third-order valence-corrected chi connectivity index (χ3v) is 5.41. The first-order chi connectivity index (χ1) is 13.6. The number of hydrogen-bond acceptors (Lipinski definition) is 4. The Bertz CT molecular complexity index is 969. The summed E-state index contributed by atoms with van der Waals surface area (Å²) in [6, 6.07) is 12.2. The van der Waals surface area contributed by atoms with Crippen molar-refractivity contribution in [1.82, 2.24) is 10.1 Å². The van der Waals surface area contributed by atoms with Gasteiger partial charge in [-0.1, -0.05) is 29.8 Å². The highest BCUT2D eigenvalue weighted by Gasteiger charge is 2.15. The van der Waals surface area contributed by atoms with E-state index in [0.717, 1.165) is 34.3 Å². The second-order valence-corrected chi connectivity index (χ2v) is 7.84. The van der Waals surface area contributed by atoms with Gasteiger partial charge in [0.1, 0.15) is 5.69 Å². The fraction of sp³-hybridized carbons (Fsp3) is 0.391. The highest BCUT2D eigenvalue weighted by atomic mass is 16.5. The molecular weight excluding hydrogens is 350 g/mol. The standard InChI is InChI=1S/C23H27N3O2/c1-16-12-17(2)23-20(25-28-21(23)13-16)14-22(27)24-19-8-6-18(7-9-19)15-26-10-4-3-5-11-26/h6-9,12-13H,3-5,10-11,14-15H2,1-2H3,(H,24,27). The zero-order chi connectivity index (χ0) is 19.5. The predicted octanol–water partition coefficient (Wildman–Crippen LogP) is 4.61. The Morgan fingerprint density at radius 2 is 1.86 bits per heavy atom. The molecule has 0 radical (unpaired) electrons. The van der Waals surface area contributed by atoms with Gasteiger partial charge in [-0.2, -0.15) is 0 Å². The number of rotatable bonds is 5.